The van der Waals surface area contributed by atoms with Crippen LogP contribution in [-0.2, 0) is 16.4 Å². The number of hydrogen-bond donors (Lipinski definition) is 0. The van der Waals surface area contributed by atoms with E-state index in [1.165, 1.54) is 44.3 Å². The summed E-state index contributed by atoms with van der Waals surface area (Å²) >= 11 is 0. The summed E-state index contributed by atoms with van der Waals surface area (Å²) < 4.78 is 5.30. The van der Waals surface area contributed by atoms with Gasteiger partial charge in [0.25, 0.3) is 5.65 Å². The quantitative estimate of drug-likeness (QED) is 0.268. The first-order valence-electron chi connectivity index (χ1n) is 11.4. The van der Waals surface area contributed by atoms with E-state index >= 15 is 0 Å². The summed E-state index contributed by atoms with van der Waals surface area (Å²) in [5.41, 5.74) is 8.60. The molecule has 0 saturated heterocycles. The van der Waals surface area contributed by atoms with Gasteiger partial charge in [-0.05, 0) is 54.5 Å². The summed E-state index contributed by atoms with van der Waals surface area (Å²) in [5, 5.41) is 2.81. The Kier molecular flexibility index (Phi) is 3.24. The fourth-order valence-electron chi connectivity index (χ4n) is 7.00. The van der Waals surface area contributed by atoms with Gasteiger partial charge in [-0.1, -0.05) is 71.0 Å². The van der Waals surface area contributed by atoms with E-state index in [1.54, 1.807) is 0 Å². The highest BCUT2D eigenvalue weighted by atomic mass is 15.2. The molecule has 0 fully saturated rings. The second-order valence-electron chi connectivity index (χ2n) is 10.4. The molecular weight excluding hydrogens is 364 g/mol. The summed E-state index contributed by atoms with van der Waals surface area (Å²) in [6.45, 7) is 14.1. The summed E-state index contributed by atoms with van der Waals surface area (Å²) in [5.74, 6) is 0. The van der Waals surface area contributed by atoms with E-state index in [-0.39, 0.29) is 16.4 Å². The fraction of sp³-hybridized carbons (Fsp3) is 0.393. The predicted octanol–water partition coefficient (Wildman–Crippen LogP) is 6.56. The number of pyridine rings is 1. The lowest BCUT2D eigenvalue weighted by molar-refractivity contribution is -0.725. The molecule has 2 aromatic carbocycles. The van der Waals surface area contributed by atoms with Gasteiger partial charge in [0.15, 0.2) is 11.0 Å². The Bertz CT molecular complexity index is 1410. The van der Waals surface area contributed by atoms with Crippen LogP contribution in [0.1, 0.15) is 65.6 Å². The van der Waals surface area contributed by atoms with Gasteiger partial charge in [0, 0.05) is 5.41 Å². The van der Waals surface area contributed by atoms with Crippen LogP contribution in [0.4, 0.5) is 0 Å². The Morgan fingerprint density at radius 2 is 1.73 bits per heavy atom. The highest BCUT2D eigenvalue weighted by Gasteiger charge is 2.65. The smallest absolute Gasteiger partial charge is 0.212 e. The van der Waals surface area contributed by atoms with Gasteiger partial charge in [0.05, 0.1) is 10.8 Å². The minimum absolute atomic E-state index is 0.00783. The molecule has 30 heavy (non-hydrogen) atoms. The zero-order valence-electron chi connectivity index (χ0n) is 19.0. The zero-order valence-corrected chi connectivity index (χ0v) is 19.0. The van der Waals surface area contributed by atoms with E-state index < -0.39 is 0 Å². The van der Waals surface area contributed by atoms with Crippen molar-refractivity contribution in [2.24, 2.45) is 0 Å². The van der Waals surface area contributed by atoms with Crippen molar-refractivity contribution >= 4 is 27.5 Å². The van der Waals surface area contributed by atoms with E-state index in [4.69, 9.17) is 0 Å². The van der Waals surface area contributed by atoms with Gasteiger partial charge < -0.3 is 0 Å². The largest absolute Gasteiger partial charge is 0.296 e. The molecule has 1 aliphatic heterocycles. The Balaban J connectivity index is 2.01. The molecule has 2 unspecified atom stereocenters. The standard InChI is InChI=1S/C28H31N2/c1-7-27-17-18(3)28(27,8-2)30-22-15-10-9-14-21(22)29-23(26(4,5)6)16-19-12-11-13-20(27)24(19)25(29)30/h9-17H,7-8H2,1-6H3/q+1. The topological polar surface area (TPSA) is 8.29 Å². The molecule has 2 aromatic heterocycles. The molecule has 0 spiro atoms. The van der Waals surface area contributed by atoms with Crippen LogP contribution in [-0.4, -0.2) is 4.40 Å². The third kappa shape index (κ3) is 1.70. The van der Waals surface area contributed by atoms with Crippen molar-refractivity contribution in [1.29, 1.82) is 0 Å². The number of hydrogen-bond acceptors (Lipinski definition) is 0. The van der Waals surface area contributed by atoms with Crippen molar-refractivity contribution in [1.82, 2.24) is 4.40 Å². The maximum atomic E-state index is 2.73. The molecule has 4 aromatic rings. The molecule has 2 heteroatoms. The minimum Gasteiger partial charge on any atom is -0.212 e. The maximum Gasteiger partial charge on any atom is 0.296 e. The van der Waals surface area contributed by atoms with Crippen molar-refractivity contribution in [3.8, 4) is 0 Å². The number of rotatable bonds is 2. The van der Waals surface area contributed by atoms with Crippen LogP contribution < -0.4 is 4.57 Å². The van der Waals surface area contributed by atoms with Crippen LogP contribution in [0, 0.1) is 0 Å². The van der Waals surface area contributed by atoms with E-state index in [2.05, 4.69) is 105 Å². The second kappa shape index (κ2) is 5.35. The summed E-state index contributed by atoms with van der Waals surface area (Å²) in [6, 6.07) is 18.5. The molecule has 0 bridgehead atoms. The summed E-state index contributed by atoms with van der Waals surface area (Å²) in [7, 11) is 0. The number of fused-ring (bicyclic) bond motifs is 6. The van der Waals surface area contributed by atoms with Crippen molar-refractivity contribution in [2.45, 2.75) is 70.8 Å². The molecule has 2 aliphatic rings. The first kappa shape index (κ1) is 18.2. The van der Waals surface area contributed by atoms with Crippen LogP contribution in [0.3, 0.4) is 0 Å². The number of aromatic nitrogens is 2. The molecular formula is C28H31N2+. The van der Waals surface area contributed by atoms with E-state index in [1.807, 2.05) is 0 Å². The number of imidazole rings is 1. The maximum absolute atomic E-state index is 2.73. The third-order valence-corrected chi connectivity index (χ3v) is 8.19. The van der Waals surface area contributed by atoms with Gasteiger partial charge in [-0.3, -0.25) is 0 Å². The molecule has 0 radical (unpaired) electrons. The van der Waals surface area contributed by atoms with E-state index in [0.29, 0.717) is 0 Å². The second-order valence-corrected chi connectivity index (χ2v) is 10.4. The molecule has 2 nitrogen and oxygen atoms in total. The third-order valence-electron chi connectivity index (χ3n) is 8.19. The van der Waals surface area contributed by atoms with E-state index in [9.17, 15) is 0 Å². The van der Waals surface area contributed by atoms with Crippen LogP contribution in [0.25, 0.3) is 27.5 Å². The van der Waals surface area contributed by atoms with Crippen molar-refractivity contribution in [3.05, 3.63) is 71.4 Å². The number of para-hydroxylation sites is 2. The number of nitrogens with zero attached hydrogens (tertiary/aromatic N) is 2. The highest BCUT2D eigenvalue weighted by molar-refractivity contribution is 6.01. The lowest BCUT2D eigenvalue weighted by atomic mass is 9.49. The van der Waals surface area contributed by atoms with E-state index in [0.717, 1.165) is 12.8 Å². The number of benzene rings is 2. The lowest BCUT2D eigenvalue weighted by Crippen LogP contribution is -2.73. The molecule has 6 rings (SSSR count). The fourth-order valence-corrected chi connectivity index (χ4v) is 7.00. The molecule has 2 atom stereocenters. The Morgan fingerprint density at radius 3 is 2.40 bits per heavy atom. The van der Waals surface area contributed by atoms with Gasteiger partial charge in [0.1, 0.15) is 11.2 Å². The SMILES string of the molecule is CCC12C=C(C)C1(CC)[n+]1c3ccccc3n3c(C(C)(C)C)cc4cccc2c4c31. The van der Waals surface area contributed by atoms with Crippen molar-refractivity contribution in [3.63, 3.8) is 0 Å². The van der Waals surface area contributed by atoms with Gasteiger partial charge in [-0.25, -0.2) is 4.57 Å². The van der Waals surface area contributed by atoms with Gasteiger partial charge >= 0.3 is 0 Å². The minimum atomic E-state index is 0.00783. The lowest BCUT2D eigenvalue weighted by Gasteiger charge is -2.56. The summed E-state index contributed by atoms with van der Waals surface area (Å²) in [6.07, 6.45) is 4.79. The monoisotopic (exact) mass is 395 g/mol. The molecule has 3 heterocycles. The summed E-state index contributed by atoms with van der Waals surface area (Å²) in [4.78, 5) is 0. The Morgan fingerprint density at radius 1 is 0.967 bits per heavy atom. The Labute approximate surface area is 178 Å². The molecule has 0 amide bonds. The predicted molar refractivity (Wildman–Crippen MR) is 125 cm³/mol. The van der Waals surface area contributed by atoms with Gasteiger partial charge in [-0.15, -0.1) is 0 Å². The average molecular weight is 396 g/mol. The molecule has 152 valence electrons. The Hall–Kier alpha value is -2.61. The highest BCUT2D eigenvalue weighted by Crippen LogP contribution is 2.60. The van der Waals surface area contributed by atoms with Crippen molar-refractivity contribution in [2.75, 3.05) is 0 Å². The first-order valence-corrected chi connectivity index (χ1v) is 11.4. The average Bonchev–Trinajstić information content (AvgIpc) is 3.06. The van der Waals surface area contributed by atoms with Gasteiger partial charge in [-0.2, -0.15) is 4.40 Å². The van der Waals surface area contributed by atoms with Crippen LogP contribution in [0.2, 0.25) is 0 Å². The normalized spacial score (nSPS) is 25.1. The van der Waals surface area contributed by atoms with Gasteiger partial charge in [0.2, 0.25) is 0 Å². The molecule has 0 saturated carbocycles. The zero-order chi connectivity index (χ0) is 21.1. The van der Waals surface area contributed by atoms with Crippen LogP contribution in [0.5, 0.6) is 0 Å². The van der Waals surface area contributed by atoms with Crippen LogP contribution in [0.15, 0.2) is 60.2 Å². The van der Waals surface area contributed by atoms with Crippen LogP contribution >= 0.6 is 0 Å². The van der Waals surface area contributed by atoms with Crippen molar-refractivity contribution < 1.29 is 4.57 Å². The molecule has 1 aliphatic carbocycles. The first-order chi connectivity index (χ1) is 14.3. The number of allylic oxidation sites excluding steroid dienone is 2. The molecule has 0 N–H and O–H groups in total.